The summed E-state index contributed by atoms with van der Waals surface area (Å²) in [6.45, 7) is 5.37. The van der Waals surface area contributed by atoms with E-state index in [2.05, 4.69) is 14.7 Å². The molecular weight excluding hydrogens is 283 g/mol. The summed E-state index contributed by atoms with van der Waals surface area (Å²) in [4.78, 5) is 14.1. The molecule has 1 atom stereocenters. The van der Waals surface area contributed by atoms with Crippen molar-refractivity contribution in [3.63, 3.8) is 0 Å². The third kappa shape index (κ3) is 4.66. The number of aliphatic carboxylic acids is 1. The Morgan fingerprint density at radius 3 is 2.37 bits per heavy atom. The maximum absolute atomic E-state index is 12.3. The lowest BCUT2D eigenvalue weighted by Crippen LogP contribution is -2.36. The Morgan fingerprint density at radius 1 is 1.42 bits per heavy atom. The second kappa shape index (κ2) is 5.32. The number of nitrogens with zero attached hydrogens (tertiary/aromatic N) is 2. The summed E-state index contributed by atoms with van der Waals surface area (Å²) in [5.41, 5.74) is -0.442. The highest BCUT2D eigenvalue weighted by Crippen LogP contribution is 2.31. The second-order valence-corrected chi connectivity index (χ2v) is 5.83. The summed E-state index contributed by atoms with van der Waals surface area (Å²) >= 11 is 0.563. The molecule has 0 aromatic carbocycles. The Balaban J connectivity index is 2.85. The lowest BCUT2D eigenvalue weighted by Gasteiger charge is -2.29. The maximum atomic E-state index is 12.3. The van der Waals surface area contributed by atoms with Gasteiger partial charge >= 0.3 is 12.1 Å². The Hall–Kier alpha value is -1.38. The van der Waals surface area contributed by atoms with E-state index < -0.39 is 29.4 Å². The largest absolute Gasteiger partial charge is 0.481 e. The van der Waals surface area contributed by atoms with E-state index in [1.807, 2.05) is 0 Å². The number of hydrogen-bond acceptors (Lipinski definition) is 5. The zero-order chi connectivity index (χ0) is 14.8. The van der Waals surface area contributed by atoms with Crippen molar-refractivity contribution in [3.05, 3.63) is 5.82 Å². The lowest BCUT2D eigenvalue weighted by atomic mass is 9.85. The molecule has 1 aromatic rings. The third-order valence-electron chi connectivity index (χ3n) is 2.40. The smallest absolute Gasteiger partial charge is 0.452 e. The zero-order valence-corrected chi connectivity index (χ0v) is 11.4. The molecule has 0 aliphatic carbocycles. The Bertz CT molecular complexity index is 454. The van der Waals surface area contributed by atoms with E-state index in [4.69, 9.17) is 5.11 Å². The van der Waals surface area contributed by atoms with Gasteiger partial charge in [-0.05, 0) is 5.41 Å². The first kappa shape index (κ1) is 15.7. The van der Waals surface area contributed by atoms with E-state index in [0.717, 1.165) is 0 Å². The summed E-state index contributed by atoms with van der Waals surface area (Å²) in [6.07, 6.45) is -4.81. The number of alkyl halides is 3. The van der Waals surface area contributed by atoms with Crippen molar-refractivity contribution in [3.8, 4) is 0 Å². The van der Waals surface area contributed by atoms with Crippen molar-refractivity contribution in [1.82, 2.24) is 9.36 Å². The molecule has 2 N–H and O–H groups in total. The molecule has 5 nitrogen and oxygen atoms in total. The first-order chi connectivity index (χ1) is 8.50. The van der Waals surface area contributed by atoms with E-state index in [0.29, 0.717) is 11.5 Å². The zero-order valence-electron chi connectivity index (χ0n) is 10.6. The van der Waals surface area contributed by atoms with Crippen LogP contribution in [0, 0.1) is 5.41 Å². The van der Waals surface area contributed by atoms with Crippen LogP contribution in [-0.4, -0.2) is 26.5 Å². The van der Waals surface area contributed by atoms with Gasteiger partial charge in [0.05, 0.1) is 6.42 Å². The number of carbonyl (C=O) groups is 1. The second-order valence-electron chi connectivity index (χ2n) is 5.08. The summed E-state index contributed by atoms with van der Waals surface area (Å²) in [5.74, 6) is -2.25. The minimum absolute atomic E-state index is 0.0338. The van der Waals surface area contributed by atoms with Gasteiger partial charge in [-0.1, -0.05) is 20.8 Å². The molecule has 19 heavy (non-hydrogen) atoms. The normalized spacial score (nSPS) is 14.2. The quantitative estimate of drug-likeness (QED) is 0.893. The summed E-state index contributed by atoms with van der Waals surface area (Å²) in [7, 11) is 0. The van der Waals surface area contributed by atoms with Crippen LogP contribution in [0.1, 0.15) is 33.0 Å². The number of carboxylic acid groups (broad SMARTS) is 1. The van der Waals surface area contributed by atoms with Crippen LogP contribution in [0.4, 0.5) is 18.3 Å². The van der Waals surface area contributed by atoms with Gasteiger partial charge in [-0.15, -0.1) is 0 Å². The SMILES string of the molecule is CC(C)(C)C(CC(=O)O)Nc1nc(C(F)(F)F)ns1. The van der Waals surface area contributed by atoms with Gasteiger partial charge in [-0.25, -0.2) is 0 Å². The van der Waals surface area contributed by atoms with Gasteiger partial charge in [-0.3, -0.25) is 4.79 Å². The molecule has 0 aliphatic heterocycles. The molecule has 0 saturated carbocycles. The molecule has 0 radical (unpaired) electrons. The maximum Gasteiger partial charge on any atom is 0.452 e. The third-order valence-corrected chi connectivity index (χ3v) is 3.05. The molecule has 1 rings (SSSR count). The van der Waals surface area contributed by atoms with Gasteiger partial charge in [0, 0.05) is 17.6 Å². The fourth-order valence-electron chi connectivity index (χ4n) is 1.29. The summed E-state index contributed by atoms with van der Waals surface area (Å²) < 4.78 is 40.2. The number of anilines is 1. The first-order valence-corrected chi connectivity index (χ1v) is 6.16. The van der Waals surface area contributed by atoms with E-state index in [1.165, 1.54) is 0 Å². The van der Waals surface area contributed by atoms with E-state index in [-0.39, 0.29) is 11.6 Å². The van der Waals surface area contributed by atoms with E-state index in [9.17, 15) is 18.0 Å². The van der Waals surface area contributed by atoms with Gasteiger partial charge in [0.15, 0.2) is 0 Å². The van der Waals surface area contributed by atoms with Gasteiger partial charge < -0.3 is 10.4 Å². The average Bonchev–Trinajstić information content (AvgIpc) is 2.62. The van der Waals surface area contributed by atoms with Crippen LogP contribution >= 0.6 is 11.5 Å². The van der Waals surface area contributed by atoms with Crippen molar-refractivity contribution in [1.29, 1.82) is 0 Å². The monoisotopic (exact) mass is 297 g/mol. The predicted octanol–water partition coefficient (Wildman–Crippen LogP) is 2.86. The fourth-order valence-corrected chi connectivity index (χ4v) is 1.93. The molecule has 0 saturated heterocycles. The van der Waals surface area contributed by atoms with Crippen LogP contribution in [0.25, 0.3) is 0 Å². The molecule has 108 valence electrons. The topological polar surface area (TPSA) is 75.1 Å². The highest BCUT2D eigenvalue weighted by atomic mass is 32.1. The number of nitrogens with one attached hydrogen (secondary N) is 1. The van der Waals surface area contributed by atoms with Crippen LogP contribution in [0.15, 0.2) is 0 Å². The van der Waals surface area contributed by atoms with Crippen LogP contribution in [0.2, 0.25) is 0 Å². The molecule has 0 amide bonds. The summed E-state index contributed by atoms with van der Waals surface area (Å²) in [5, 5.41) is 11.5. The van der Waals surface area contributed by atoms with Crippen LogP contribution in [0.3, 0.4) is 0 Å². The van der Waals surface area contributed by atoms with Gasteiger partial charge in [0.1, 0.15) is 0 Å². The minimum Gasteiger partial charge on any atom is -0.481 e. The molecule has 1 aromatic heterocycles. The minimum atomic E-state index is -4.60. The molecule has 0 aliphatic rings. The number of hydrogen-bond donors (Lipinski definition) is 2. The lowest BCUT2D eigenvalue weighted by molar-refractivity contribution is -0.144. The molecule has 1 heterocycles. The fraction of sp³-hybridized carbons (Fsp3) is 0.700. The molecular formula is C10H14F3N3O2S. The number of halogens is 3. The molecule has 0 spiro atoms. The van der Waals surface area contributed by atoms with Gasteiger partial charge in [-0.2, -0.15) is 22.5 Å². The van der Waals surface area contributed by atoms with E-state index >= 15 is 0 Å². The first-order valence-electron chi connectivity index (χ1n) is 5.39. The predicted molar refractivity (Wildman–Crippen MR) is 64.0 cm³/mol. The number of aromatic nitrogens is 2. The number of carboxylic acids is 1. The Labute approximate surface area is 112 Å². The van der Waals surface area contributed by atoms with Crippen LogP contribution in [-0.2, 0) is 11.0 Å². The number of rotatable bonds is 4. The van der Waals surface area contributed by atoms with Crippen LogP contribution in [0.5, 0.6) is 0 Å². The Kier molecular flexibility index (Phi) is 4.39. The molecule has 0 bridgehead atoms. The average molecular weight is 297 g/mol. The van der Waals surface area contributed by atoms with Crippen molar-refractivity contribution in [2.45, 2.75) is 39.4 Å². The van der Waals surface area contributed by atoms with Crippen LogP contribution < -0.4 is 5.32 Å². The summed E-state index contributed by atoms with van der Waals surface area (Å²) in [6, 6.07) is -0.543. The van der Waals surface area contributed by atoms with Crippen molar-refractivity contribution in [2.24, 2.45) is 5.41 Å². The standard InChI is InChI=1S/C10H14F3N3O2S/c1-9(2,3)5(4-6(17)18)14-8-15-7(16-19-8)10(11,12)13/h5H,4H2,1-3H3,(H,17,18)(H,14,15,16). The van der Waals surface area contributed by atoms with Crippen molar-refractivity contribution >= 4 is 22.6 Å². The highest BCUT2D eigenvalue weighted by molar-refractivity contribution is 7.09. The molecule has 0 fully saturated rings. The highest BCUT2D eigenvalue weighted by Gasteiger charge is 2.36. The van der Waals surface area contributed by atoms with Gasteiger partial charge in [0.25, 0.3) is 0 Å². The van der Waals surface area contributed by atoms with E-state index in [1.54, 1.807) is 20.8 Å². The van der Waals surface area contributed by atoms with Crippen molar-refractivity contribution < 1.29 is 23.1 Å². The van der Waals surface area contributed by atoms with Gasteiger partial charge in [0.2, 0.25) is 11.0 Å². The molecule has 1 unspecified atom stereocenters. The Morgan fingerprint density at radius 2 is 2.00 bits per heavy atom. The molecule has 9 heteroatoms. The van der Waals surface area contributed by atoms with Crippen molar-refractivity contribution in [2.75, 3.05) is 5.32 Å².